The number of benzene rings is 1. The maximum atomic E-state index is 12.4. The van der Waals surface area contributed by atoms with E-state index >= 15 is 0 Å². The van der Waals surface area contributed by atoms with Crippen molar-refractivity contribution >= 4 is 23.5 Å². The summed E-state index contributed by atoms with van der Waals surface area (Å²) in [6.45, 7) is 1.95. The fourth-order valence-electron chi connectivity index (χ4n) is 3.31. The van der Waals surface area contributed by atoms with Crippen molar-refractivity contribution in [3.63, 3.8) is 0 Å². The summed E-state index contributed by atoms with van der Waals surface area (Å²) in [6.07, 6.45) is 1.71. The van der Waals surface area contributed by atoms with Gasteiger partial charge >= 0.3 is 0 Å². The molecule has 0 radical (unpaired) electrons. The second-order valence-corrected chi connectivity index (χ2v) is 7.39. The van der Waals surface area contributed by atoms with Crippen LogP contribution in [-0.2, 0) is 4.79 Å². The number of carbonyl (C=O) groups excluding carboxylic acids is 1. The summed E-state index contributed by atoms with van der Waals surface area (Å²) < 4.78 is 12.5. The minimum Gasteiger partial charge on any atom is -0.493 e. The molecular weight excluding hydrogens is 376 g/mol. The van der Waals surface area contributed by atoms with Gasteiger partial charge < -0.3 is 14.8 Å². The van der Waals surface area contributed by atoms with Crippen LogP contribution in [0.1, 0.15) is 22.1 Å². The lowest BCUT2D eigenvalue weighted by atomic mass is 10.0. The molecule has 8 heteroatoms. The van der Waals surface area contributed by atoms with Crippen LogP contribution in [0.15, 0.2) is 42.6 Å². The molecule has 1 aliphatic heterocycles. The van der Waals surface area contributed by atoms with Crippen molar-refractivity contribution in [3.8, 4) is 17.3 Å². The standard InChI is InChI=1S/C20H20N4O3S/c1-12-18-19(13-7-8-14(26-2)15(10-13)27-3)28-11-17(25)22-20(18)24(23-12)16-6-4-5-9-21-16/h4-10,19H,11H2,1-3H3,(H,22,25)/t19-/m1/s1. The second-order valence-electron chi connectivity index (χ2n) is 6.30. The molecule has 0 saturated carbocycles. The third kappa shape index (κ3) is 3.20. The van der Waals surface area contributed by atoms with E-state index < -0.39 is 0 Å². The molecule has 0 aliphatic carbocycles. The molecule has 0 spiro atoms. The average Bonchev–Trinajstić information content (AvgIpc) is 2.93. The molecule has 144 valence electrons. The maximum Gasteiger partial charge on any atom is 0.235 e. The Labute approximate surface area is 167 Å². The first-order valence-electron chi connectivity index (χ1n) is 8.76. The maximum absolute atomic E-state index is 12.4. The van der Waals surface area contributed by atoms with E-state index in [1.807, 2.05) is 43.3 Å². The monoisotopic (exact) mass is 396 g/mol. The van der Waals surface area contributed by atoms with Gasteiger partial charge in [-0.2, -0.15) is 9.78 Å². The highest BCUT2D eigenvalue weighted by Crippen LogP contribution is 2.45. The number of methoxy groups -OCH3 is 2. The first kappa shape index (κ1) is 18.4. The van der Waals surface area contributed by atoms with Gasteiger partial charge in [-0.3, -0.25) is 4.79 Å². The number of fused-ring (bicyclic) bond motifs is 1. The van der Waals surface area contributed by atoms with Crippen molar-refractivity contribution in [1.29, 1.82) is 0 Å². The molecule has 0 saturated heterocycles. The Hall–Kier alpha value is -3.00. The van der Waals surface area contributed by atoms with Gasteiger partial charge in [-0.15, -0.1) is 11.8 Å². The van der Waals surface area contributed by atoms with E-state index in [1.54, 1.807) is 36.9 Å². The van der Waals surface area contributed by atoms with Crippen LogP contribution in [-0.4, -0.2) is 40.6 Å². The Balaban J connectivity index is 1.87. The number of aromatic nitrogens is 3. The molecule has 1 aliphatic rings. The lowest BCUT2D eigenvalue weighted by Gasteiger charge is -2.17. The Morgan fingerprint density at radius 2 is 2.00 bits per heavy atom. The fourth-order valence-corrected chi connectivity index (χ4v) is 4.49. The minimum absolute atomic E-state index is 0.0636. The number of nitrogens with one attached hydrogen (secondary N) is 1. The number of thioether (sulfide) groups is 1. The van der Waals surface area contributed by atoms with Crippen LogP contribution < -0.4 is 14.8 Å². The number of aryl methyl sites for hydroxylation is 1. The van der Waals surface area contributed by atoms with Crippen LogP contribution in [0.4, 0.5) is 5.82 Å². The topological polar surface area (TPSA) is 78.3 Å². The second kappa shape index (κ2) is 7.55. The predicted octanol–water partition coefficient (Wildman–Crippen LogP) is 3.37. The zero-order valence-corrected chi connectivity index (χ0v) is 16.6. The van der Waals surface area contributed by atoms with Crippen molar-refractivity contribution in [2.24, 2.45) is 0 Å². The quantitative estimate of drug-likeness (QED) is 0.729. The van der Waals surface area contributed by atoms with Crippen molar-refractivity contribution in [2.75, 3.05) is 25.3 Å². The normalized spacial score (nSPS) is 16.1. The smallest absolute Gasteiger partial charge is 0.235 e. The molecule has 0 fully saturated rings. The largest absolute Gasteiger partial charge is 0.493 e. The van der Waals surface area contributed by atoms with E-state index in [4.69, 9.17) is 9.47 Å². The predicted molar refractivity (Wildman–Crippen MR) is 109 cm³/mol. The Morgan fingerprint density at radius 1 is 1.18 bits per heavy atom. The number of nitrogens with zero attached hydrogens (tertiary/aromatic N) is 3. The summed E-state index contributed by atoms with van der Waals surface area (Å²) in [5, 5.41) is 7.59. The number of ether oxygens (including phenoxy) is 2. The lowest BCUT2D eigenvalue weighted by molar-refractivity contribution is -0.113. The van der Waals surface area contributed by atoms with Gasteiger partial charge in [0.1, 0.15) is 5.82 Å². The van der Waals surface area contributed by atoms with Gasteiger partial charge in [-0.1, -0.05) is 12.1 Å². The first-order chi connectivity index (χ1) is 13.6. The van der Waals surface area contributed by atoms with E-state index in [0.717, 1.165) is 16.8 Å². The molecule has 2 aromatic heterocycles. The number of carbonyl (C=O) groups is 1. The first-order valence-corrected chi connectivity index (χ1v) is 9.81. The molecule has 1 amide bonds. The number of hydrogen-bond donors (Lipinski definition) is 1. The van der Waals surface area contributed by atoms with Gasteiger partial charge in [0.05, 0.1) is 30.9 Å². The van der Waals surface area contributed by atoms with Gasteiger partial charge in [0.25, 0.3) is 0 Å². The Kier molecular flexibility index (Phi) is 4.95. The van der Waals surface area contributed by atoms with E-state index in [9.17, 15) is 4.79 Å². The molecule has 1 aromatic carbocycles. The molecule has 0 bridgehead atoms. The molecule has 3 heterocycles. The fraction of sp³-hybridized carbons (Fsp3) is 0.250. The summed E-state index contributed by atoms with van der Waals surface area (Å²) in [5.74, 6) is 2.91. The summed E-state index contributed by atoms with van der Waals surface area (Å²) in [7, 11) is 3.22. The zero-order chi connectivity index (χ0) is 19.7. The number of amides is 1. The summed E-state index contributed by atoms with van der Waals surface area (Å²) in [4.78, 5) is 16.8. The summed E-state index contributed by atoms with van der Waals surface area (Å²) in [6, 6.07) is 11.4. The van der Waals surface area contributed by atoms with Crippen molar-refractivity contribution < 1.29 is 14.3 Å². The van der Waals surface area contributed by atoms with Crippen LogP contribution in [0.3, 0.4) is 0 Å². The van der Waals surface area contributed by atoms with E-state index in [1.165, 1.54) is 0 Å². The van der Waals surface area contributed by atoms with Crippen LogP contribution in [0.25, 0.3) is 5.82 Å². The molecular formula is C20H20N4O3S. The van der Waals surface area contributed by atoms with Crippen molar-refractivity contribution in [2.45, 2.75) is 12.2 Å². The highest BCUT2D eigenvalue weighted by molar-refractivity contribution is 8.00. The van der Waals surface area contributed by atoms with Gasteiger partial charge in [0.15, 0.2) is 17.3 Å². The summed E-state index contributed by atoms with van der Waals surface area (Å²) >= 11 is 1.56. The molecule has 1 N–H and O–H groups in total. The molecule has 1 atom stereocenters. The third-order valence-corrected chi connectivity index (χ3v) is 5.85. The number of pyridine rings is 1. The highest BCUT2D eigenvalue weighted by atomic mass is 32.2. The molecule has 0 unspecified atom stereocenters. The SMILES string of the molecule is COc1ccc([C@H]2SCC(=O)Nc3c2c(C)nn3-c2ccccn2)cc1OC. The minimum atomic E-state index is -0.0776. The van der Waals surface area contributed by atoms with Gasteiger partial charge in [0, 0.05) is 11.8 Å². The molecule has 7 nitrogen and oxygen atoms in total. The summed E-state index contributed by atoms with van der Waals surface area (Å²) in [5.41, 5.74) is 2.83. The van der Waals surface area contributed by atoms with Crippen LogP contribution >= 0.6 is 11.8 Å². The van der Waals surface area contributed by atoms with E-state index in [2.05, 4.69) is 15.4 Å². The van der Waals surface area contributed by atoms with Crippen molar-refractivity contribution in [3.05, 3.63) is 59.4 Å². The average molecular weight is 396 g/mol. The van der Waals surface area contributed by atoms with Crippen LogP contribution in [0.2, 0.25) is 0 Å². The van der Waals surface area contributed by atoms with E-state index in [0.29, 0.717) is 28.9 Å². The molecule has 28 heavy (non-hydrogen) atoms. The number of anilines is 1. The zero-order valence-electron chi connectivity index (χ0n) is 15.8. The van der Waals surface area contributed by atoms with Crippen LogP contribution in [0.5, 0.6) is 11.5 Å². The van der Waals surface area contributed by atoms with Crippen LogP contribution in [0, 0.1) is 6.92 Å². The lowest BCUT2D eigenvalue weighted by Crippen LogP contribution is -2.16. The Morgan fingerprint density at radius 3 is 2.71 bits per heavy atom. The van der Waals surface area contributed by atoms with Gasteiger partial charge in [-0.25, -0.2) is 4.98 Å². The third-order valence-electron chi connectivity index (χ3n) is 4.58. The number of hydrogen-bond acceptors (Lipinski definition) is 6. The van der Waals surface area contributed by atoms with Gasteiger partial charge in [0.2, 0.25) is 5.91 Å². The van der Waals surface area contributed by atoms with Gasteiger partial charge in [-0.05, 0) is 36.8 Å². The Bertz CT molecular complexity index is 1020. The molecule has 4 rings (SSSR count). The molecule has 3 aromatic rings. The highest BCUT2D eigenvalue weighted by Gasteiger charge is 2.31. The number of rotatable bonds is 4. The van der Waals surface area contributed by atoms with Crippen molar-refractivity contribution in [1.82, 2.24) is 14.8 Å². The van der Waals surface area contributed by atoms with E-state index in [-0.39, 0.29) is 11.2 Å².